The van der Waals surface area contributed by atoms with Crippen molar-refractivity contribution >= 4 is 21.6 Å². The molecule has 1 nitrogen and oxygen atoms in total. The lowest BCUT2D eigenvalue weighted by Crippen LogP contribution is -2.19. The maximum absolute atomic E-state index is 3.76. The third kappa shape index (κ3) is 1.63. The van der Waals surface area contributed by atoms with E-state index in [9.17, 15) is 0 Å². The molecule has 1 aliphatic rings. The van der Waals surface area contributed by atoms with Crippen molar-refractivity contribution in [3.8, 4) is 0 Å². The van der Waals surface area contributed by atoms with E-state index in [0.29, 0.717) is 0 Å². The molecule has 2 heteroatoms. The first-order valence-corrected chi connectivity index (χ1v) is 5.25. The Bertz CT molecular complexity index is 333. The molecular formula is C11H12BrN. The minimum Gasteiger partial charge on any atom is -0.367 e. The fourth-order valence-electron chi connectivity index (χ4n) is 1.78. The summed E-state index contributed by atoms with van der Waals surface area (Å²) in [6.07, 6.45) is 3.11. The highest BCUT2D eigenvalue weighted by atomic mass is 79.9. The Balaban J connectivity index is 2.32. The average Bonchev–Trinajstić information content (AvgIpc) is 2.49. The summed E-state index contributed by atoms with van der Waals surface area (Å²) in [5.41, 5.74) is 2.80. The molecule has 0 fully saturated rings. The summed E-state index contributed by atoms with van der Waals surface area (Å²) in [6, 6.07) is 6.48. The van der Waals surface area contributed by atoms with E-state index in [1.54, 1.807) is 0 Å². The lowest BCUT2D eigenvalue weighted by molar-refractivity contribution is 0.905. The van der Waals surface area contributed by atoms with Gasteiger partial charge in [0.1, 0.15) is 0 Å². The smallest absolute Gasteiger partial charge is 0.0403 e. The zero-order valence-corrected chi connectivity index (χ0v) is 9.05. The van der Waals surface area contributed by atoms with Crippen LogP contribution in [-0.4, -0.2) is 13.1 Å². The van der Waals surface area contributed by atoms with Gasteiger partial charge in [0.25, 0.3) is 0 Å². The minimum absolute atomic E-state index is 0.953. The fourth-order valence-corrected chi connectivity index (χ4v) is 2.19. The molecule has 0 bridgehead atoms. The number of hydrogen-bond acceptors (Lipinski definition) is 1. The van der Waals surface area contributed by atoms with E-state index >= 15 is 0 Å². The molecule has 1 aromatic carbocycles. The van der Waals surface area contributed by atoms with E-state index in [4.69, 9.17) is 0 Å². The maximum Gasteiger partial charge on any atom is 0.0403 e. The van der Waals surface area contributed by atoms with Gasteiger partial charge in [-0.1, -0.05) is 22.0 Å². The van der Waals surface area contributed by atoms with Crippen LogP contribution in [0.15, 0.2) is 35.3 Å². The van der Waals surface area contributed by atoms with E-state index in [-0.39, 0.29) is 0 Å². The second-order valence-electron chi connectivity index (χ2n) is 3.26. The van der Waals surface area contributed by atoms with Gasteiger partial charge >= 0.3 is 0 Å². The third-order valence-corrected chi connectivity index (χ3v) is 2.88. The van der Waals surface area contributed by atoms with Gasteiger partial charge in [-0.05, 0) is 30.2 Å². The van der Waals surface area contributed by atoms with Crippen molar-refractivity contribution in [2.45, 2.75) is 6.42 Å². The zero-order valence-electron chi connectivity index (χ0n) is 7.46. The van der Waals surface area contributed by atoms with Crippen molar-refractivity contribution in [3.05, 3.63) is 40.9 Å². The average molecular weight is 238 g/mol. The molecule has 2 rings (SSSR count). The summed E-state index contributed by atoms with van der Waals surface area (Å²) < 4.78 is 1.17. The zero-order chi connectivity index (χ0) is 9.26. The van der Waals surface area contributed by atoms with Gasteiger partial charge in [0.05, 0.1) is 0 Å². The Morgan fingerprint density at radius 2 is 2.38 bits per heavy atom. The van der Waals surface area contributed by atoms with Crippen molar-refractivity contribution in [1.82, 2.24) is 0 Å². The van der Waals surface area contributed by atoms with Crippen LogP contribution in [0.3, 0.4) is 0 Å². The number of fused-ring (bicyclic) bond motifs is 1. The molecule has 0 saturated heterocycles. The Hall–Kier alpha value is -0.760. The summed E-state index contributed by atoms with van der Waals surface area (Å²) >= 11 is 3.49. The molecule has 1 aliphatic heterocycles. The number of hydrogen-bond donors (Lipinski definition) is 0. The van der Waals surface area contributed by atoms with E-state index in [1.807, 2.05) is 6.08 Å². The molecule has 0 unspecified atom stereocenters. The number of nitrogens with zero attached hydrogens (tertiary/aromatic N) is 1. The molecular weight excluding hydrogens is 226 g/mol. The van der Waals surface area contributed by atoms with Crippen LogP contribution in [0.2, 0.25) is 0 Å². The SMILES string of the molecule is C=CCN1CCc2cc(Br)ccc21. The molecule has 0 N–H and O–H groups in total. The van der Waals surface area contributed by atoms with E-state index in [0.717, 1.165) is 19.5 Å². The van der Waals surface area contributed by atoms with Gasteiger partial charge in [-0.2, -0.15) is 0 Å². The summed E-state index contributed by atoms with van der Waals surface area (Å²) in [6.45, 7) is 5.84. The molecule has 0 spiro atoms. The molecule has 0 radical (unpaired) electrons. The summed E-state index contributed by atoms with van der Waals surface area (Å²) in [4.78, 5) is 2.36. The molecule has 1 aromatic rings. The van der Waals surface area contributed by atoms with Crippen LogP contribution in [-0.2, 0) is 6.42 Å². The van der Waals surface area contributed by atoms with Crippen molar-refractivity contribution < 1.29 is 0 Å². The summed E-state index contributed by atoms with van der Waals surface area (Å²) in [7, 11) is 0. The molecule has 0 aliphatic carbocycles. The molecule has 0 saturated carbocycles. The molecule has 0 aromatic heterocycles. The number of anilines is 1. The van der Waals surface area contributed by atoms with E-state index in [2.05, 4.69) is 45.6 Å². The monoisotopic (exact) mass is 237 g/mol. The fraction of sp³-hybridized carbons (Fsp3) is 0.273. The molecule has 1 heterocycles. The van der Waals surface area contributed by atoms with Gasteiger partial charge in [-0.3, -0.25) is 0 Å². The quantitative estimate of drug-likeness (QED) is 0.716. The van der Waals surface area contributed by atoms with Crippen LogP contribution >= 0.6 is 15.9 Å². The standard InChI is InChI=1S/C11H12BrN/c1-2-6-13-7-5-9-8-10(12)3-4-11(9)13/h2-4,8H,1,5-7H2. The lowest BCUT2D eigenvalue weighted by Gasteiger charge is -2.16. The predicted octanol–water partition coefficient (Wildman–Crippen LogP) is 3.00. The van der Waals surface area contributed by atoms with Gasteiger partial charge in [-0.25, -0.2) is 0 Å². The van der Waals surface area contributed by atoms with Crippen LogP contribution in [0, 0.1) is 0 Å². The largest absolute Gasteiger partial charge is 0.367 e. The molecule has 0 atom stereocenters. The molecule has 68 valence electrons. The van der Waals surface area contributed by atoms with Gasteiger partial charge in [0.15, 0.2) is 0 Å². The Morgan fingerprint density at radius 3 is 3.15 bits per heavy atom. The van der Waals surface area contributed by atoms with Crippen molar-refractivity contribution in [3.63, 3.8) is 0 Å². The van der Waals surface area contributed by atoms with Crippen molar-refractivity contribution in [2.24, 2.45) is 0 Å². The number of rotatable bonds is 2. The molecule has 0 amide bonds. The number of benzene rings is 1. The first kappa shape index (κ1) is 8.82. The summed E-state index contributed by atoms with van der Waals surface area (Å²) in [5.74, 6) is 0. The van der Waals surface area contributed by atoms with Crippen LogP contribution in [0.4, 0.5) is 5.69 Å². The highest BCUT2D eigenvalue weighted by molar-refractivity contribution is 9.10. The van der Waals surface area contributed by atoms with E-state index in [1.165, 1.54) is 15.7 Å². The Morgan fingerprint density at radius 1 is 1.54 bits per heavy atom. The first-order valence-electron chi connectivity index (χ1n) is 4.45. The van der Waals surface area contributed by atoms with Crippen molar-refractivity contribution in [1.29, 1.82) is 0 Å². The number of halogens is 1. The molecule has 13 heavy (non-hydrogen) atoms. The minimum atomic E-state index is 0.953. The van der Waals surface area contributed by atoms with E-state index < -0.39 is 0 Å². The first-order chi connectivity index (χ1) is 6.31. The predicted molar refractivity (Wildman–Crippen MR) is 60.3 cm³/mol. The van der Waals surface area contributed by atoms with Gasteiger partial charge in [0.2, 0.25) is 0 Å². The Labute approximate surface area is 87.2 Å². The van der Waals surface area contributed by atoms with Gasteiger partial charge in [0, 0.05) is 23.2 Å². The topological polar surface area (TPSA) is 3.24 Å². The Kier molecular flexibility index (Phi) is 2.40. The second-order valence-corrected chi connectivity index (χ2v) is 4.17. The van der Waals surface area contributed by atoms with Crippen LogP contribution < -0.4 is 4.90 Å². The van der Waals surface area contributed by atoms with Crippen molar-refractivity contribution in [2.75, 3.05) is 18.0 Å². The van der Waals surface area contributed by atoms with Crippen LogP contribution in [0.25, 0.3) is 0 Å². The lowest BCUT2D eigenvalue weighted by atomic mass is 10.2. The summed E-state index contributed by atoms with van der Waals surface area (Å²) in [5, 5.41) is 0. The van der Waals surface area contributed by atoms with Gasteiger partial charge < -0.3 is 4.90 Å². The highest BCUT2D eigenvalue weighted by Crippen LogP contribution is 2.29. The van der Waals surface area contributed by atoms with Crippen LogP contribution in [0.5, 0.6) is 0 Å². The third-order valence-electron chi connectivity index (χ3n) is 2.38. The maximum atomic E-state index is 3.76. The second kappa shape index (κ2) is 3.54. The normalized spacial score (nSPS) is 14.4. The highest BCUT2D eigenvalue weighted by Gasteiger charge is 2.17. The van der Waals surface area contributed by atoms with Crippen LogP contribution in [0.1, 0.15) is 5.56 Å². The van der Waals surface area contributed by atoms with Gasteiger partial charge in [-0.15, -0.1) is 6.58 Å².